The molecule has 0 spiro atoms. The Bertz CT molecular complexity index is 913. The summed E-state index contributed by atoms with van der Waals surface area (Å²) < 4.78 is 2.06. The molecule has 2 aliphatic rings. The lowest BCUT2D eigenvalue weighted by Crippen LogP contribution is -2.41. The first-order valence-corrected chi connectivity index (χ1v) is 10.0. The maximum absolute atomic E-state index is 13.1. The maximum Gasteiger partial charge on any atom is 0.228 e. The Hall–Kier alpha value is -2.34. The minimum Gasteiger partial charge on any atom is -0.338 e. The summed E-state index contributed by atoms with van der Waals surface area (Å²) >= 11 is 5.94. The van der Waals surface area contributed by atoms with Crippen molar-refractivity contribution in [2.24, 2.45) is 5.92 Å². The molecule has 0 N–H and O–H groups in total. The average molecular weight is 401 g/mol. The summed E-state index contributed by atoms with van der Waals surface area (Å²) in [6.07, 6.45) is 2.92. The molecule has 6 nitrogen and oxygen atoms in total. The van der Waals surface area contributed by atoms with E-state index in [2.05, 4.69) is 30.6 Å². The summed E-state index contributed by atoms with van der Waals surface area (Å²) in [4.78, 5) is 29.1. The van der Waals surface area contributed by atoms with Crippen molar-refractivity contribution >= 4 is 29.1 Å². The van der Waals surface area contributed by atoms with Crippen LogP contribution in [-0.2, 0) is 28.1 Å². The fraction of sp³-hybridized carbons (Fsp3) is 0.476. The minimum absolute atomic E-state index is 0.0149. The van der Waals surface area contributed by atoms with Crippen molar-refractivity contribution in [1.29, 1.82) is 0 Å². The Labute approximate surface area is 170 Å². The van der Waals surface area contributed by atoms with Crippen LogP contribution in [0.1, 0.15) is 38.4 Å². The van der Waals surface area contributed by atoms with E-state index in [1.165, 1.54) is 5.69 Å². The fourth-order valence-corrected chi connectivity index (χ4v) is 4.23. The number of rotatable bonds is 2. The number of hydrogen-bond donors (Lipinski definition) is 0. The third kappa shape index (κ3) is 3.41. The Morgan fingerprint density at radius 1 is 1.21 bits per heavy atom. The number of carbonyl (C=O) groups is 2. The van der Waals surface area contributed by atoms with Crippen molar-refractivity contribution in [2.45, 2.75) is 45.7 Å². The van der Waals surface area contributed by atoms with Gasteiger partial charge < -0.3 is 9.80 Å². The van der Waals surface area contributed by atoms with Crippen molar-refractivity contribution in [2.75, 3.05) is 18.0 Å². The number of nitrogens with zero attached hydrogens (tertiary/aromatic N) is 4. The molecule has 0 radical (unpaired) electrons. The summed E-state index contributed by atoms with van der Waals surface area (Å²) in [6, 6.07) is 7.17. The zero-order valence-corrected chi connectivity index (χ0v) is 17.2. The smallest absolute Gasteiger partial charge is 0.228 e. The normalized spacial score (nSPS) is 19.9. The number of benzene rings is 1. The van der Waals surface area contributed by atoms with Gasteiger partial charge in [0, 0.05) is 54.4 Å². The molecule has 1 fully saturated rings. The molecule has 2 amide bonds. The molecule has 1 aromatic heterocycles. The van der Waals surface area contributed by atoms with Crippen LogP contribution in [0.3, 0.4) is 0 Å². The Morgan fingerprint density at radius 3 is 2.61 bits per heavy atom. The molecule has 0 saturated carbocycles. The zero-order chi connectivity index (χ0) is 20.1. The standard InChI is InChI=1S/C21H25ClN4O2/c1-21(2,3)26-18-8-9-24(12-15(18)11-23-26)20(28)14-10-19(27)25(13-14)17-6-4-16(22)5-7-17/h4-7,11,14H,8-10,12-13H2,1-3H3. The summed E-state index contributed by atoms with van der Waals surface area (Å²) in [6.45, 7) is 8.05. The number of anilines is 1. The molecule has 1 unspecified atom stereocenters. The number of hydrogen-bond acceptors (Lipinski definition) is 3. The predicted molar refractivity (Wildman–Crippen MR) is 108 cm³/mol. The molecule has 0 aliphatic carbocycles. The van der Waals surface area contributed by atoms with E-state index in [4.69, 9.17) is 11.6 Å². The molecule has 1 saturated heterocycles. The van der Waals surface area contributed by atoms with Gasteiger partial charge >= 0.3 is 0 Å². The number of halogens is 1. The number of carbonyl (C=O) groups excluding carboxylic acids is 2. The number of amides is 2. The van der Waals surface area contributed by atoms with Gasteiger partial charge in [-0.25, -0.2) is 0 Å². The van der Waals surface area contributed by atoms with Gasteiger partial charge in [-0.1, -0.05) is 11.6 Å². The molecular formula is C21H25ClN4O2. The van der Waals surface area contributed by atoms with E-state index >= 15 is 0 Å². The molecule has 2 aliphatic heterocycles. The Morgan fingerprint density at radius 2 is 1.93 bits per heavy atom. The summed E-state index contributed by atoms with van der Waals surface area (Å²) in [5.41, 5.74) is 3.03. The van der Waals surface area contributed by atoms with Gasteiger partial charge in [0.25, 0.3) is 0 Å². The van der Waals surface area contributed by atoms with E-state index in [1.807, 2.05) is 23.2 Å². The molecule has 1 aromatic carbocycles. The quantitative estimate of drug-likeness (QED) is 0.777. The van der Waals surface area contributed by atoms with Crippen LogP contribution in [0, 0.1) is 5.92 Å². The second kappa shape index (κ2) is 6.92. The minimum atomic E-state index is -0.303. The van der Waals surface area contributed by atoms with Gasteiger partial charge in [-0.15, -0.1) is 0 Å². The topological polar surface area (TPSA) is 58.4 Å². The largest absolute Gasteiger partial charge is 0.338 e. The first-order chi connectivity index (χ1) is 13.2. The van der Waals surface area contributed by atoms with E-state index in [1.54, 1.807) is 17.0 Å². The highest BCUT2D eigenvalue weighted by Crippen LogP contribution is 2.30. The van der Waals surface area contributed by atoms with E-state index in [0.29, 0.717) is 24.7 Å². The lowest BCUT2D eigenvalue weighted by atomic mass is 10.0. The van der Waals surface area contributed by atoms with Crippen LogP contribution in [0.2, 0.25) is 5.02 Å². The van der Waals surface area contributed by atoms with Crippen molar-refractivity contribution in [3.05, 3.63) is 46.7 Å². The average Bonchev–Trinajstić information content (AvgIpc) is 3.24. The highest BCUT2D eigenvalue weighted by Gasteiger charge is 2.38. The zero-order valence-electron chi connectivity index (χ0n) is 16.5. The first-order valence-electron chi connectivity index (χ1n) is 9.65. The van der Waals surface area contributed by atoms with Gasteiger partial charge in [0.2, 0.25) is 11.8 Å². The SMILES string of the molecule is CC(C)(C)n1ncc2c1CCN(C(=O)C1CC(=O)N(c3ccc(Cl)cc3)C1)C2. The van der Waals surface area contributed by atoms with Crippen LogP contribution >= 0.6 is 11.6 Å². The Balaban J connectivity index is 1.46. The summed E-state index contributed by atoms with van der Waals surface area (Å²) in [5, 5.41) is 5.16. The lowest BCUT2D eigenvalue weighted by molar-refractivity contribution is -0.136. The third-order valence-corrected chi connectivity index (χ3v) is 5.75. The van der Waals surface area contributed by atoms with Crippen molar-refractivity contribution in [1.82, 2.24) is 14.7 Å². The molecule has 3 heterocycles. The second-order valence-corrected chi connectivity index (χ2v) is 9.03. The van der Waals surface area contributed by atoms with Gasteiger partial charge in [0.1, 0.15) is 0 Å². The van der Waals surface area contributed by atoms with Crippen molar-refractivity contribution < 1.29 is 9.59 Å². The van der Waals surface area contributed by atoms with Crippen LogP contribution in [0.15, 0.2) is 30.5 Å². The van der Waals surface area contributed by atoms with Crippen LogP contribution in [0.5, 0.6) is 0 Å². The summed E-state index contributed by atoms with van der Waals surface area (Å²) in [7, 11) is 0. The number of fused-ring (bicyclic) bond motifs is 1. The molecule has 7 heteroatoms. The molecule has 0 bridgehead atoms. The van der Waals surface area contributed by atoms with Crippen molar-refractivity contribution in [3.63, 3.8) is 0 Å². The highest BCUT2D eigenvalue weighted by atomic mass is 35.5. The monoisotopic (exact) mass is 400 g/mol. The van der Waals surface area contributed by atoms with E-state index in [0.717, 1.165) is 17.7 Å². The third-order valence-electron chi connectivity index (χ3n) is 5.49. The Kier molecular flexibility index (Phi) is 4.70. The summed E-state index contributed by atoms with van der Waals surface area (Å²) in [5.74, 6) is -0.264. The van der Waals surface area contributed by atoms with Gasteiger partial charge in [-0.2, -0.15) is 5.10 Å². The fourth-order valence-electron chi connectivity index (χ4n) is 4.10. The van der Waals surface area contributed by atoms with E-state index in [-0.39, 0.29) is 29.7 Å². The molecule has 2 aromatic rings. The van der Waals surface area contributed by atoms with Crippen LogP contribution in [-0.4, -0.2) is 39.6 Å². The van der Waals surface area contributed by atoms with Gasteiger partial charge in [-0.05, 0) is 45.0 Å². The van der Waals surface area contributed by atoms with Crippen LogP contribution in [0.25, 0.3) is 0 Å². The molecular weight excluding hydrogens is 376 g/mol. The molecule has 1 atom stereocenters. The number of aromatic nitrogens is 2. The van der Waals surface area contributed by atoms with E-state index in [9.17, 15) is 9.59 Å². The molecule has 28 heavy (non-hydrogen) atoms. The second-order valence-electron chi connectivity index (χ2n) is 8.59. The lowest BCUT2D eigenvalue weighted by Gasteiger charge is -2.31. The first kappa shape index (κ1) is 19.0. The van der Waals surface area contributed by atoms with Crippen molar-refractivity contribution in [3.8, 4) is 0 Å². The highest BCUT2D eigenvalue weighted by molar-refractivity contribution is 6.30. The van der Waals surface area contributed by atoms with Gasteiger partial charge in [-0.3, -0.25) is 14.3 Å². The molecule has 148 valence electrons. The van der Waals surface area contributed by atoms with E-state index < -0.39 is 0 Å². The van der Waals surface area contributed by atoms with Crippen LogP contribution < -0.4 is 4.90 Å². The van der Waals surface area contributed by atoms with Crippen LogP contribution in [0.4, 0.5) is 5.69 Å². The van der Waals surface area contributed by atoms with Gasteiger partial charge in [0.15, 0.2) is 0 Å². The maximum atomic E-state index is 13.1. The predicted octanol–water partition coefficient (Wildman–Crippen LogP) is 3.23. The van der Waals surface area contributed by atoms with Gasteiger partial charge in [0.05, 0.1) is 17.7 Å². The molecule has 4 rings (SSSR count).